The average molecular weight is 256 g/mol. The summed E-state index contributed by atoms with van der Waals surface area (Å²) in [5.41, 5.74) is 3.56. The smallest absolute Gasteiger partial charge is 0.118 e. The van der Waals surface area contributed by atoms with Gasteiger partial charge in [0.2, 0.25) is 0 Å². The average Bonchev–Trinajstić information content (AvgIpc) is 2.46. The molecule has 0 amide bonds. The van der Waals surface area contributed by atoms with Gasteiger partial charge in [-0.3, -0.25) is 0 Å². The lowest BCUT2D eigenvalue weighted by Gasteiger charge is -2.07. The second kappa shape index (κ2) is 6.39. The van der Waals surface area contributed by atoms with Gasteiger partial charge in [0.05, 0.1) is 13.2 Å². The highest BCUT2D eigenvalue weighted by Crippen LogP contribution is 2.16. The quantitative estimate of drug-likeness (QED) is 0.886. The van der Waals surface area contributed by atoms with Gasteiger partial charge in [0.1, 0.15) is 5.75 Å². The second-order valence-corrected chi connectivity index (χ2v) is 4.77. The summed E-state index contributed by atoms with van der Waals surface area (Å²) in [7, 11) is 1.68. The molecule has 1 atom stereocenters. The Morgan fingerprint density at radius 1 is 0.895 bits per heavy atom. The third-order valence-corrected chi connectivity index (χ3v) is 3.32. The van der Waals surface area contributed by atoms with Crippen molar-refractivity contribution in [3.63, 3.8) is 0 Å². The fourth-order valence-corrected chi connectivity index (χ4v) is 2.04. The maximum atomic E-state index is 9.46. The molecule has 0 radical (unpaired) electrons. The van der Waals surface area contributed by atoms with Crippen LogP contribution >= 0.6 is 0 Å². The van der Waals surface area contributed by atoms with E-state index >= 15 is 0 Å². The van der Waals surface area contributed by atoms with Crippen molar-refractivity contribution < 1.29 is 9.84 Å². The van der Waals surface area contributed by atoms with Gasteiger partial charge in [0.15, 0.2) is 0 Å². The molecule has 2 aromatic rings. The summed E-state index contributed by atoms with van der Waals surface area (Å²) in [5, 5.41) is 9.46. The summed E-state index contributed by atoms with van der Waals surface area (Å²) in [6, 6.07) is 16.4. The molecular formula is C17H20O2. The van der Waals surface area contributed by atoms with Crippen molar-refractivity contribution in [1.82, 2.24) is 0 Å². The Bertz CT molecular complexity index is 498. The van der Waals surface area contributed by atoms with Crippen LogP contribution in [0.4, 0.5) is 0 Å². The molecule has 19 heavy (non-hydrogen) atoms. The van der Waals surface area contributed by atoms with E-state index in [4.69, 9.17) is 4.74 Å². The van der Waals surface area contributed by atoms with Crippen molar-refractivity contribution in [2.75, 3.05) is 7.11 Å². The first-order valence-electron chi connectivity index (χ1n) is 6.59. The Morgan fingerprint density at radius 2 is 1.37 bits per heavy atom. The van der Waals surface area contributed by atoms with Crippen molar-refractivity contribution in [2.45, 2.75) is 25.9 Å². The molecule has 0 spiro atoms. The fourth-order valence-electron chi connectivity index (χ4n) is 2.04. The number of benzene rings is 2. The molecule has 2 heteroatoms. The lowest BCUT2D eigenvalue weighted by atomic mass is 10.0. The summed E-state index contributed by atoms with van der Waals surface area (Å²) in [6.07, 6.45) is 1.63. The summed E-state index contributed by atoms with van der Waals surface area (Å²) in [6.45, 7) is 1.78. The van der Waals surface area contributed by atoms with Gasteiger partial charge in [0, 0.05) is 0 Å². The molecule has 2 nitrogen and oxygen atoms in total. The first kappa shape index (κ1) is 13.6. The summed E-state index contributed by atoms with van der Waals surface area (Å²) >= 11 is 0. The van der Waals surface area contributed by atoms with Gasteiger partial charge in [-0.25, -0.2) is 0 Å². The number of aliphatic hydroxyl groups is 1. The van der Waals surface area contributed by atoms with E-state index in [2.05, 4.69) is 24.3 Å². The van der Waals surface area contributed by atoms with Gasteiger partial charge in [0.25, 0.3) is 0 Å². The third-order valence-electron chi connectivity index (χ3n) is 3.32. The van der Waals surface area contributed by atoms with E-state index in [1.54, 1.807) is 14.0 Å². The minimum atomic E-state index is -0.393. The van der Waals surface area contributed by atoms with Crippen molar-refractivity contribution >= 4 is 0 Å². The van der Waals surface area contributed by atoms with E-state index in [0.29, 0.717) is 0 Å². The number of methoxy groups -OCH3 is 1. The Hall–Kier alpha value is -1.80. The van der Waals surface area contributed by atoms with Crippen LogP contribution in [0.25, 0.3) is 0 Å². The van der Waals surface area contributed by atoms with Crippen LogP contribution < -0.4 is 4.74 Å². The fraction of sp³-hybridized carbons (Fsp3) is 0.294. The van der Waals surface area contributed by atoms with Crippen molar-refractivity contribution in [3.8, 4) is 5.75 Å². The minimum Gasteiger partial charge on any atom is -0.497 e. The van der Waals surface area contributed by atoms with E-state index in [1.807, 2.05) is 24.3 Å². The van der Waals surface area contributed by atoms with Crippen LogP contribution in [-0.2, 0) is 12.8 Å². The Labute approximate surface area is 114 Å². The normalized spacial score (nSPS) is 12.2. The van der Waals surface area contributed by atoms with Crippen LogP contribution in [0.3, 0.4) is 0 Å². The standard InChI is InChI=1S/C17H20O2/c1-13(18)16-9-5-14(6-10-16)3-4-15-7-11-17(19-2)12-8-15/h5-13,18H,3-4H2,1-2H3. The van der Waals surface area contributed by atoms with E-state index < -0.39 is 6.10 Å². The SMILES string of the molecule is COc1ccc(CCc2ccc(C(C)O)cc2)cc1. The zero-order valence-electron chi connectivity index (χ0n) is 11.5. The van der Waals surface area contributed by atoms with Crippen LogP contribution in [0.5, 0.6) is 5.75 Å². The molecule has 0 aliphatic rings. The first-order chi connectivity index (χ1) is 9.19. The van der Waals surface area contributed by atoms with Crippen molar-refractivity contribution in [2.24, 2.45) is 0 Å². The van der Waals surface area contributed by atoms with E-state index in [-0.39, 0.29) is 0 Å². The molecule has 100 valence electrons. The number of hydrogen-bond donors (Lipinski definition) is 1. The monoisotopic (exact) mass is 256 g/mol. The first-order valence-corrected chi connectivity index (χ1v) is 6.59. The molecule has 0 aliphatic carbocycles. The second-order valence-electron chi connectivity index (χ2n) is 4.77. The third kappa shape index (κ3) is 3.83. The van der Waals surface area contributed by atoms with Gasteiger partial charge in [-0.15, -0.1) is 0 Å². The van der Waals surface area contributed by atoms with Crippen LogP contribution in [0.15, 0.2) is 48.5 Å². The molecule has 2 aromatic carbocycles. The Kier molecular flexibility index (Phi) is 4.58. The highest BCUT2D eigenvalue weighted by molar-refractivity contribution is 5.29. The highest BCUT2D eigenvalue weighted by Gasteiger charge is 2.01. The maximum absolute atomic E-state index is 9.46. The van der Waals surface area contributed by atoms with E-state index in [9.17, 15) is 5.11 Å². The molecule has 0 aliphatic heterocycles. The maximum Gasteiger partial charge on any atom is 0.118 e. The van der Waals surface area contributed by atoms with Crippen LogP contribution in [0, 0.1) is 0 Å². The van der Waals surface area contributed by atoms with Crippen molar-refractivity contribution in [1.29, 1.82) is 0 Å². The molecule has 0 saturated carbocycles. The van der Waals surface area contributed by atoms with Gasteiger partial charge in [-0.1, -0.05) is 36.4 Å². The number of rotatable bonds is 5. The summed E-state index contributed by atoms with van der Waals surface area (Å²) in [4.78, 5) is 0. The van der Waals surface area contributed by atoms with Crippen LogP contribution in [0.1, 0.15) is 29.7 Å². The number of aliphatic hydroxyl groups excluding tert-OH is 1. The summed E-state index contributed by atoms with van der Waals surface area (Å²) in [5.74, 6) is 0.894. The van der Waals surface area contributed by atoms with Gasteiger partial charge in [-0.05, 0) is 48.6 Å². The topological polar surface area (TPSA) is 29.5 Å². The van der Waals surface area contributed by atoms with E-state index in [0.717, 1.165) is 24.2 Å². The minimum absolute atomic E-state index is 0.393. The Morgan fingerprint density at radius 3 is 1.79 bits per heavy atom. The molecular weight excluding hydrogens is 236 g/mol. The predicted molar refractivity (Wildman–Crippen MR) is 77.5 cm³/mol. The lowest BCUT2D eigenvalue weighted by Crippen LogP contribution is -1.94. The summed E-state index contributed by atoms with van der Waals surface area (Å²) < 4.78 is 5.14. The molecule has 1 unspecified atom stereocenters. The molecule has 0 heterocycles. The molecule has 2 rings (SSSR count). The van der Waals surface area contributed by atoms with Crippen LogP contribution in [0.2, 0.25) is 0 Å². The van der Waals surface area contributed by atoms with Gasteiger partial charge >= 0.3 is 0 Å². The molecule has 0 bridgehead atoms. The van der Waals surface area contributed by atoms with Gasteiger partial charge < -0.3 is 9.84 Å². The van der Waals surface area contributed by atoms with Crippen LogP contribution in [-0.4, -0.2) is 12.2 Å². The zero-order valence-corrected chi connectivity index (χ0v) is 11.5. The number of aryl methyl sites for hydroxylation is 2. The molecule has 0 saturated heterocycles. The number of ether oxygens (including phenoxy) is 1. The molecule has 1 N–H and O–H groups in total. The van der Waals surface area contributed by atoms with E-state index in [1.165, 1.54) is 11.1 Å². The lowest BCUT2D eigenvalue weighted by molar-refractivity contribution is 0.199. The zero-order chi connectivity index (χ0) is 13.7. The van der Waals surface area contributed by atoms with Gasteiger partial charge in [-0.2, -0.15) is 0 Å². The highest BCUT2D eigenvalue weighted by atomic mass is 16.5. The predicted octanol–water partition coefficient (Wildman–Crippen LogP) is 3.53. The Balaban J connectivity index is 1.94. The molecule has 0 aromatic heterocycles. The largest absolute Gasteiger partial charge is 0.497 e. The van der Waals surface area contributed by atoms with Crippen molar-refractivity contribution in [3.05, 3.63) is 65.2 Å². The molecule has 0 fully saturated rings. The number of hydrogen-bond acceptors (Lipinski definition) is 2.